The summed E-state index contributed by atoms with van der Waals surface area (Å²) < 4.78 is 9.16. The van der Waals surface area contributed by atoms with Gasteiger partial charge in [-0.3, -0.25) is 0 Å². The van der Waals surface area contributed by atoms with Crippen molar-refractivity contribution in [2.45, 2.75) is 25.7 Å². The van der Waals surface area contributed by atoms with Gasteiger partial charge in [-0.2, -0.15) is 0 Å². The van der Waals surface area contributed by atoms with Gasteiger partial charge in [-0.25, -0.2) is 9.97 Å². The Labute approximate surface area is 304 Å². The monoisotopic (exact) mass is 684 g/mol. The second-order valence-electron chi connectivity index (χ2n) is 13.9. The molecule has 3 heterocycles. The maximum Gasteiger partial charge on any atom is 0.161 e. The summed E-state index contributed by atoms with van der Waals surface area (Å²) in [5.41, 5.74) is 11.4. The fraction of sp³-hybridized carbons (Fsp3) is 0.0833. The van der Waals surface area contributed by atoms with E-state index < -0.39 is 0 Å². The molecule has 0 fully saturated rings. The van der Waals surface area contributed by atoms with E-state index in [0.717, 1.165) is 85.7 Å². The molecule has 52 heavy (non-hydrogen) atoms. The van der Waals surface area contributed by atoms with Gasteiger partial charge >= 0.3 is 0 Å². The smallest absolute Gasteiger partial charge is 0.161 e. The van der Waals surface area contributed by atoms with Gasteiger partial charge in [0.25, 0.3) is 0 Å². The summed E-state index contributed by atoms with van der Waals surface area (Å²) in [5.74, 6) is 0.756. The Kier molecular flexibility index (Phi) is 6.68. The van der Waals surface area contributed by atoms with Crippen LogP contribution in [-0.2, 0) is 0 Å². The van der Waals surface area contributed by atoms with E-state index in [0.29, 0.717) is 0 Å². The molecule has 0 N–H and O–H groups in total. The summed E-state index contributed by atoms with van der Waals surface area (Å²) in [6, 6.07) is 41.3. The molecular formula is C48H32N2OS. The molecule has 2 aliphatic carbocycles. The minimum atomic E-state index is 0.756. The van der Waals surface area contributed by atoms with Crippen LogP contribution in [0.15, 0.2) is 150 Å². The van der Waals surface area contributed by atoms with Crippen LogP contribution in [0.3, 0.4) is 0 Å². The number of furan rings is 1. The van der Waals surface area contributed by atoms with Crippen molar-refractivity contribution in [2.24, 2.45) is 0 Å². The van der Waals surface area contributed by atoms with Gasteiger partial charge in [0.1, 0.15) is 11.2 Å². The van der Waals surface area contributed by atoms with Gasteiger partial charge < -0.3 is 4.42 Å². The van der Waals surface area contributed by atoms with E-state index in [4.69, 9.17) is 14.4 Å². The number of fused-ring (bicyclic) bond motifs is 9. The van der Waals surface area contributed by atoms with Crippen LogP contribution in [0.25, 0.3) is 91.9 Å². The van der Waals surface area contributed by atoms with Crippen molar-refractivity contribution in [3.8, 4) is 11.4 Å². The van der Waals surface area contributed by atoms with E-state index in [-0.39, 0.29) is 0 Å². The molecule has 6 aromatic carbocycles. The first-order valence-electron chi connectivity index (χ1n) is 18.1. The molecule has 0 atom stereocenters. The van der Waals surface area contributed by atoms with E-state index in [9.17, 15) is 0 Å². The van der Waals surface area contributed by atoms with Crippen molar-refractivity contribution < 1.29 is 4.42 Å². The molecule has 246 valence electrons. The highest BCUT2D eigenvalue weighted by molar-refractivity contribution is 7.26. The minimum Gasteiger partial charge on any atom is -0.455 e. The number of nitrogens with zero attached hydrogens (tertiary/aromatic N) is 2. The summed E-state index contributed by atoms with van der Waals surface area (Å²) in [4.78, 5) is 10.8. The van der Waals surface area contributed by atoms with Crippen molar-refractivity contribution in [1.29, 1.82) is 0 Å². The number of allylic oxidation sites excluding steroid dienone is 8. The first-order chi connectivity index (χ1) is 25.8. The third-order valence-electron chi connectivity index (χ3n) is 10.9. The SMILES string of the molecule is C1=CCCC(c2nc(-c3cc4c(oc5cccc(C6=CC=C(c7cccc8ccccc78)CC6)c54)c4ccccc34)nc3c2sc2ccccc23)=C1. The Balaban J connectivity index is 1.14. The predicted octanol–water partition coefficient (Wildman–Crippen LogP) is 13.7. The lowest BCUT2D eigenvalue weighted by atomic mass is 9.86. The average Bonchev–Trinajstić information content (AvgIpc) is 3.79. The van der Waals surface area contributed by atoms with Crippen LogP contribution in [0.1, 0.15) is 42.5 Å². The standard InChI is InChI=1S/C48H32N2OS/c1-2-13-32(14-3-1)44-47-45(38-19-8-9-23-42(38)52-47)50-48(49-44)39-28-40-43-35(21-11-22-41(43)51-46(40)37-18-7-6-17-36(37)39)31-26-24-30(25-27-31)34-20-10-15-29-12-4-5-16-33(29)34/h1-2,4-13,15-24,26,28H,3,14,25,27H2. The average molecular weight is 685 g/mol. The molecule has 0 radical (unpaired) electrons. The molecule has 0 aliphatic heterocycles. The van der Waals surface area contributed by atoms with Gasteiger partial charge in [0.2, 0.25) is 0 Å². The van der Waals surface area contributed by atoms with E-state index in [1.807, 2.05) is 0 Å². The van der Waals surface area contributed by atoms with Gasteiger partial charge in [0.15, 0.2) is 5.82 Å². The van der Waals surface area contributed by atoms with Crippen molar-refractivity contribution in [2.75, 3.05) is 0 Å². The lowest BCUT2D eigenvalue weighted by Crippen LogP contribution is -1.98. The van der Waals surface area contributed by atoms with Crippen LogP contribution >= 0.6 is 11.3 Å². The Bertz CT molecular complexity index is 3070. The highest BCUT2D eigenvalue weighted by Crippen LogP contribution is 2.45. The topological polar surface area (TPSA) is 38.9 Å². The number of hydrogen-bond acceptors (Lipinski definition) is 4. The van der Waals surface area contributed by atoms with Gasteiger partial charge in [-0.15, -0.1) is 11.3 Å². The molecule has 3 aromatic heterocycles. The van der Waals surface area contributed by atoms with Crippen molar-refractivity contribution >= 4 is 91.8 Å². The number of aromatic nitrogens is 2. The van der Waals surface area contributed by atoms with Gasteiger partial charge in [0.05, 0.1) is 15.9 Å². The quantitative estimate of drug-likeness (QED) is 0.185. The zero-order valence-corrected chi connectivity index (χ0v) is 29.2. The Morgan fingerprint density at radius 1 is 0.558 bits per heavy atom. The van der Waals surface area contributed by atoms with Crippen LogP contribution < -0.4 is 0 Å². The second kappa shape index (κ2) is 11.7. The van der Waals surface area contributed by atoms with Crippen molar-refractivity contribution in [1.82, 2.24) is 9.97 Å². The highest BCUT2D eigenvalue weighted by atomic mass is 32.1. The third kappa shape index (κ3) is 4.57. The molecule has 0 spiro atoms. The van der Waals surface area contributed by atoms with Crippen LogP contribution in [0.5, 0.6) is 0 Å². The summed E-state index contributed by atoms with van der Waals surface area (Å²) in [6.45, 7) is 0. The summed E-state index contributed by atoms with van der Waals surface area (Å²) in [6.07, 6.45) is 15.2. The molecule has 0 bridgehead atoms. The zero-order chi connectivity index (χ0) is 34.2. The van der Waals surface area contributed by atoms with Gasteiger partial charge in [-0.05, 0) is 87.9 Å². The Hall–Kier alpha value is -6.10. The first-order valence-corrected chi connectivity index (χ1v) is 18.9. The Morgan fingerprint density at radius 2 is 1.29 bits per heavy atom. The molecule has 0 unspecified atom stereocenters. The number of hydrogen-bond donors (Lipinski definition) is 0. The van der Waals surface area contributed by atoms with Gasteiger partial charge in [-0.1, -0.05) is 127 Å². The van der Waals surface area contributed by atoms with Crippen LogP contribution in [0, 0.1) is 0 Å². The van der Waals surface area contributed by atoms with Gasteiger partial charge in [0, 0.05) is 31.8 Å². The second-order valence-corrected chi connectivity index (χ2v) is 14.9. The highest BCUT2D eigenvalue weighted by Gasteiger charge is 2.23. The van der Waals surface area contributed by atoms with E-state index >= 15 is 0 Å². The van der Waals surface area contributed by atoms with E-state index in [1.165, 1.54) is 48.7 Å². The molecule has 9 aromatic rings. The predicted molar refractivity (Wildman–Crippen MR) is 221 cm³/mol. The fourth-order valence-corrected chi connectivity index (χ4v) is 9.59. The third-order valence-corrected chi connectivity index (χ3v) is 12.1. The maximum absolute atomic E-state index is 6.76. The minimum absolute atomic E-state index is 0.756. The van der Waals surface area contributed by atoms with Crippen LogP contribution in [0.4, 0.5) is 0 Å². The van der Waals surface area contributed by atoms with Crippen molar-refractivity contribution in [3.63, 3.8) is 0 Å². The molecule has 4 heteroatoms. The molecule has 2 aliphatic rings. The fourth-order valence-electron chi connectivity index (χ4n) is 8.42. The molecule has 0 saturated heterocycles. The summed E-state index contributed by atoms with van der Waals surface area (Å²) >= 11 is 1.80. The van der Waals surface area contributed by atoms with Crippen LogP contribution in [0.2, 0.25) is 0 Å². The van der Waals surface area contributed by atoms with E-state index in [2.05, 4.69) is 146 Å². The number of thiophene rings is 1. The largest absolute Gasteiger partial charge is 0.455 e. The van der Waals surface area contributed by atoms with Crippen LogP contribution in [-0.4, -0.2) is 9.97 Å². The summed E-state index contributed by atoms with van der Waals surface area (Å²) in [7, 11) is 0. The molecular weight excluding hydrogens is 653 g/mol. The Morgan fingerprint density at radius 3 is 2.13 bits per heavy atom. The molecule has 0 amide bonds. The maximum atomic E-state index is 6.76. The van der Waals surface area contributed by atoms with E-state index in [1.54, 1.807) is 11.3 Å². The zero-order valence-electron chi connectivity index (χ0n) is 28.4. The lowest BCUT2D eigenvalue weighted by Gasteiger charge is -2.17. The number of rotatable bonds is 4. The molecule has 3 nitrogen and oxygen atoms in total. The van der Waals surface area contributed by atoms with Crippen molar-refractivity contribution in [3.05, 3.63) is 162 Å². The molecule has 11 rings (SSSR count). The molecule has 0 saturated carbocycles. The number of benzene rings is 6. The summed E-state index contributed by atoms with van der Waals surface area (Å²) in [5, 5.41) is 8.20. The first kappa shape index (κ1) is 29.6. The normalized spacial score (nSPS) is 14.9. The lowest BCUT2D eigenvalue weighted by molar-refractivity contribution is 0.672.